The first-order chi connectivity index (χ1) is 13.2. The highest BCUT2D eigenvalue weighted by atomic mass is 79.9. The van der Waals surface area contributed by atoms with Gasteiger partial charge >= 0.3 is 0 Å². The SMILES string of the molecule is O=C1C2C(C(=O)N1c1ccc(Br)cc1)C2(c1ccccc1)c1ccccc1. The Labute approximate surface area is 165 Å². The number of hydrogen-bond donors (Lipinski definition) is 0. The van der Waals surface area contributed by atoms with Crippen molar-refractivity contribution in [2.45, 2.75) is 5.41 Å². The molecule has 1 saturated heterocycles. The lowest BCUT2D eigenvalue weighted by Gasteiger charge is -2.26. The highest BCUT2D eigenvalue weighted by Crippen LogP contribution is 2.68. The van der Waals surface area contributed by atoms with Crippen LogP contribution < -0.4 is 4.90 Å². The van der Waals surface area contributed by atoms with Gasteiger partial charge in [-0.25, -0.2) is 4.90 Å². The minimum atomic E-state index is -0.553. The summed E-state index contributed by atoms with van der Waals surface area (Å²) in [6.45, 7) is 0. The molecule has 2 aliphatic rings. The van der Waals surface area contributed by atoms with Crippen LogP contribution >= 0.6 is 15.9 Å². The topological polar surface area (TPSA) is 37.4 Å². The molecule has 3 aromatic carbocycles. The summed E-state index contributed by atoms with van der Waals surface area (Å²) in [5.74, 6) is -0.919. The van der Waals surface area contributed by atoms with Gasteiger partial charge < -0.3 is 0 Å². The number of carbonyl (C=O) groups is 2. The van der Waals surface area contributed by atoms with Gasteiger partial charge in [-0.1, -0.05) is 76.6 Å². The van der Waals surface area contributed by atoms with Gasteiger partial charge in [0.2, 0.25) is 11.8 Å². The second-order valence-corrected chi connectivity index (χ2v) is 7.96. The van der Waals surface area contributed by atoms with Gasteiger partial charge in [-0.3, -0.25) is 9.59 Å². The quantitative estimate of drug-likeness (QED) is 0.585. The Morgan fingerprint density at radius 3 is 1.56 bits per heavy atom. The van der Waals surface area contributed by atoms with Crippen LogP contribution in [0.25, 0.3) is 0 Å². The van der Waals surface area contributed by atoms with Crippen molar-refractivity contribution in [3.63, 3.8) is 0 Å². The lowest BCUT2D eigenvalue weighted by molar-refractivity contribution is -0.124. The van der Waals surface area contributed by atoms with Crippen molar-refractivity contribution in [2.24, 2.45) is 11.8 Å². The molecule has 1 aliphatic carbocycles. The van der Waals surface area contributed by atoms with Gasteiger partial charge in [0, 0.05) is 9.89 Å². The van der Waals surface area contributed by atoms with Crippen LogP contribution in [0, 0.1) is 11.8 Å². The minimum absolute atomic E-state index is 0.111. The molecule has 0 N–H and O–H groups in total. The Balaban J connectivity index is 1.61. The van der Waals surface area contributed by atoms with Crippen LogP contribution in [0.4, 0.5) is 5.69 Å². The third kappa shape index (κ3) is 2.20. The maximum absolute atomic E-state index is 13.3. The fourth-order valence-electron chi connectivity index (χ4n) is 4.61. The van der Waals surface area contributed by atoms with E-state index in [4.69, 9.17) is 0 Å². The molecule has 1 saturated carbocycles. The first-order valence-electron chi connectivity index (χ1n) is 8.90. The Kier molecular flexibility index (Phi) is 3.59. The average molecular weight is 418 g/mol. The summed E-state index contributed by atoms with van der Waals surface area (Å²) in [4.78, 5) is 27.9. The first kappa shape index (κ1) is 16.5. The van der Waals surface area contributed by atoms with Gasteiger partial charge in [-0.05, 0) is 35.4 Å². The number of amides is 2. The second-order valence-electron chi connectivity index (χ2n) is 7.04. The van der Waals surface area contributed by atoms with Crippen LogP contribution in [0.5, 0.6) is 0 Å². The van der Waals surface area contributed by atoms with E-state index in [2.05, 4.69) is 15.9 Å². The maximum Gasteiger partial charge on any atom is 0.239 e. The molecule has 0 bridgehead atoms. The fraction of sp³-hybridized carbons (Fsp3) is 0.130. The third-order valence-electron chi connectivity index (χ3n) is 5.77. The Bertz CT molecular complexity index is 967. The third-order valence-corrected chi connectivity index (χ3v) is 6.29. The standard InChI is InChI=1S/C23H16BrNO2/c24-17-11-13-18(14-12-17)25-21(26)19-20(22(25)27)23(19,15-7-3-1-4-8-15)16-9-5-2-6-10-16/h1-14,19-20H. The van der Waals surface area contributed by atoms with E-state index in [0.717, 1.165) is 15.6 Å². The van der Waals surface area contributed by atoms with Crippen molar-refractivity contribution in [1.82, 2.24) is 0 Å². The van der Waals surface area contributed by atoms with Crippen molar-refractivity contribution in [3.05, 3.63) is 101 Å². The Hall–Kier alpha value is -2.72. The molecule has 27 heavy (non-hydrogen) atoms. The Morgan fingerprint density at radius 2 is 1.11 bits per heavy atom. The molecule has 2 unspecified atom stereocenters. The van der Waals surface area contributed by atoms with Crippen molar-refractivity contribution in [1.29, 1.82) is 0 Å². The monoisotopic (exact) mass is 417 g/mol. The number of anilines is 1. The number of carbonyl (C=O) groups excluding carboxylic acids is 2. The summed E-state index contributed by atoms with van der Waals surface area (Å²) in [6.07, 6.45) is 0. The lowest BCUT2D eigenvalue weighted by Crippen LogP contribution is -2.39. The zero-order valence-corrected chi connectivity index (χ0v) is 16.0. The normalized spacial score (nSPS) is 22.6. The van der Waals surface area contributed by atoms with E-state index >= 15 is 0 Å². The highest BCUT2D eigenvalue weighted by molar-refractivity contribution is 9.10. The van der Waals surface area contributed by atoms with Crippen molar-refractivity contribution < 1.29 is 9.59 Å². The van der Waals surface area contributed by atoms with Crippen molar-refractivity contribution >= 4 is 33.4 Å². The smallest absolute Gasteiger partial charge is 0.239 e. The van der Waals surface area contributed by atoms with Gasteiger partial charge in [0.15, 0.2) is 0 Å². The highest BCUT2D eigenvalue weighted by Gasteiger charge is 2.78. The number of imide groups is 1. The van der Waals surface area contributed by atoms with Crippen molar-refractivity contribution in [2.75, 3.05) is 4.90 Å². The van der Waals surface area contributed by atoms with E-state index in [1.165, 1.54) is 4.90 Å². The lowest BCUT2D eigenvalue weighted by atomic mass is 9.83. The Morgan fingerprint density at radius 1 is 0.667 bits per heavy atom. The van der Waals surface area contributed by atoms with Crippen LogP contribution in [-0.4, -0.2) is 11.8 Å². The predicted molar refractivity (Wildman–Crippen MR) is 107 cm³/mol. The van der Waals surface area contributed by atoms with Crippen LogP contribution in [0.1, 0.15) is 11.1 Å². The van der Waals surface area contributed by atoms with Gasteiger partial charge in [0.05, 0.1) is 17.5 Å². The molecule has 4 heteroatoms. The van der Waals surface area contributed by atoms with Crippen LogP contribution in [0.3, 0.4) is 0 Å². The molecule has 3 nitrogen and oxygen atoms in total. The molecule has 2 atom stereocenters. The summed E-state index contributed by atoms with van der Waals surface area (Å²) in [6, 6.07) is 27.2. The van der Waals surface area contributed by atoms with Gasteiger partial charge in [-0.2, -0.15) is 0 Å². The fourth-order valence-corrected chi connectivity index (χ4v) is 4.87. The number of piperidine rings is 1. The summed E-state index contributed by atoms with van der Waals surface area (Å²) in [7, 11) is 0. The summed E-state index contributed by atoms with van der Waals surface area (Å²) >= 11 is 3.40. The zero-order valence-electron chi connectivity index (χ0n) is 14.4. The molecule has 1 aliphatic heterocycles. The van der Waals surface area contributed by atoms with Crippen molar-refractivity contribution in [3.8, 4) is 0 Å². The molecule has 0 radical (unpaired) electrons. The number of hydrogen-bond acceptors (Lipinski definition) is 2. The van der Waals surface area contributed by atoms with Gasteiger partial charge in [0.1, 0.15) is 0 Å². The molecule has 2 amide bonds. The number of fused-ring (bicyclic) bond motifs is 1. The maximum atomic E-state index is 13.3. The first-order valence-corrected chi connectivity index (χ1v) is 9.69. The second kappa shape index (κ2) is 5.89. The number of nitrogens with zero attached hydrogens (tertiary/aromatic N) is 1. The van der Waals surface area contributed by atoms with E-state index in [0.29, 0.717) is 5.69 Å². The molecular weight excluding hydrogens is 402 g/mol. The molecular formula is C23H16BrNO2. The summed E-state index contributed by atoms with van der Waals surface area (Å²) in [5, 5.41) is 0. The molecule has 1 heterocycles. The molecule has 0 spiro atoms. The number of rotatable bonds is 3. The minimum Gasteiger partial charge on any atom is -0.274 e. The van der Waals surface area contributed by atoms with E-state index in [9.17, 15) is 9.59 Å². The largest absolute Gasteiger partial charge is 0.274 e. The molecule has 132 valence electrons. The molecule has 5 rings (SSSR count). The van der Waals surface area contributed by atoms with Crippen LogP contribution in [-0.2, 0) is 15.0 Å². The van der Waals surface area contributed by atoms with E-state index in [1.807, 2.05) is 72.8 Å². The number of halogens is 1. The van der Waals surface area contributed by atoms with E-state index < -0.39 is 5.41 Å². The van der Waals surface area contributed by atoms with Gasteiger partial charge in [0.25, 0.3) is 0 Å². The molecule has 2 fully saturated rings. The average Bonchev–Trinajstić information content (AvgIpc) is 3.35. The van der Waals surface area contributed by atoms with Crippen LogP contribution in [0.2, 0.25) is 0 Å². The summed E-state index contributed by atoms with van der Waals surface area (Å²) < 4.78 is 0.915. The number of benzene rings is 3. The van der Waals surface area contributed by atoms with E-state index in [1.54, 1.807) is 12.1 Å². The molecule has 3 aromatic rings. The predicted octanol–water partition coefficient (Wildman–Crippen LogP) is 4.55. The van der Waals surface area contributed by atoms with Gasteiger partial charge in [-0.15, -0.1) is 0 Å². The van der Waals surface area contributed by atoms with E-state index in [-0.39, 0.29) is 23.7 Å². The van der Waals surface area contributed by atoms with Crippen LogP contribution in [0.15, 0.2) is 89.4 Å². The summed E-state index contributed by atoms with van der Waals surface area (Å²) in [5.41, 5.74) is 2.14. The molecule has 0 aromatic heterocycles. The zero-order chi connectivity index (χ0) is 18.6.